The summed E-state index contributed by atoms with van der Waals surface area (Å²) in [6.07, 6.45) is 3.74. The predicted octanol–water partition coefficient (Wildman–Crippen LogP) is 4.88. The van der Waals surface area contributed by atoms with Gasteiger partial charge in [0.2, 0.25) is 0 Å². The van der Waals surface area contributed by atoms with Crippen molar-refractivity contribution in [2.45, 2.75) is 13.8 Å². The van der Waals surface area contributed by atoms with E-state index in [0.29, 0.717) is 0 Å². The number of ketones is 1. The van der Waals surface area contributed by atoms with E-state index in [4.69, 9.17) is 4.98 Å². The highest BCUT2D eigenvalue weighted by Crippen LogP contribution is 2.35. The molecule has 0 amide bonds. The fraction of sp³-hybridized carbons (Fsp3) is 0.227. The molecule has 1 aromatic carbocycles. The van der Waals surface area contributed by atoms with Crippen LogP contribution in [0.4, 0.5) is 17.2 Å². The molecule has 0 N–H and O–H groups in total. The molecule has 3 heterocycles. The zero-order chi connectivity index (χ0) is 20.5. The monoisotopic (exact) mass is 405 g/mol. The van der Waals surface area contributed by atoms with Gasteiger partial charge in [-0.1, -0.05) is 12.1 Å². The number of anilines is 3. The van der Waals surface area contributed by atoms with Crippen LogP contribution in [0.25, 0.3) is 16.1 Å². The number of para-hydroxylation sites is 2. The zero-order valence-corrected chi connectivity index (χ0v) is 17.8. The van der Waals surface area contributed by atoms with Crippen LogP contribution in [0.15, 0.2) is 54.9 Å². The lowest BCUT2D eigenvalue weighted by molar-refractivity contribution is 0.102. The van der Waals surface area contributed by atoms with Gasteiger partial charge in [-0.2, -0.15) is 5.10 Å². The lowest BCUT2D eigenvalue weighted by Gasteiger charge is -2.27. The molecule has 0 unspecified atom stereocenters. The number of Topliss-reactive ketones (excluding diaryl/α,β-unsaturated/α-hetero) is 1. The first-order valence-corrected chi connectivity index (χ1v) is 10.3. The molecule has 0 aliphatic carbocycles. The minimum Gasteiger partial charge on any atom is -0.376 e. The van der Waals surface area contributed by atoms with Gasteiger partial charge in [0.1, 0.15) is 5.82 Å². The van der Waals surface area contributed by atoms with Crippen LogP contribution in [0.1, 0.15) is 23.5 Å². The summed E-state index contributed by atoms with van der Waals surface area (Å²) in [6, 6.07) is 14.1. The van der Waals surface area contributed by atoms with Crippen LogP contribution in [-0.2, 0) is 0 Å². The topological polar surface area (TPSA) is 53.7 Å². The van der Waals surface area contributed by atoms with Crippen LogP contribution in [0.2, 0.25) is 0 Å². The van der Waals surface area contributed by atoms with Crippen LogP contribution < -0.4 is 9.80 Å². The van der Waals surface area contributed by atoms with E-state index >= 15 is 0 Å². The molecule has 7 heteroatoms. The van der Waals surface area contributed by atoms with E-state index in [1.54, 1.807) is 11.4 Å². The van der Waals surface area contributed by atoms with E-state index in [1.807, 2.05) is 56.8 Å². The molecule has 0 saturated carbocycles. The van der Waals surface area contributed by atoms with Gasteiger partial charge in [0, 0.05) is 31.7 Å². The molecule has 29 heavy (non-hydrogen) atoms. The summed E-state index contributed by atoms with van der Waals surface area (Å²) in [7, 11) is 4.09. The molecule has 0 spiro atoms. The quantitative estimate of drug-likeness (QED) is 0.428. The molecule has 4 aromatic rings. The molecular formula is C22H23N5OS. The van der Waals surface area contributed by atoms with E-state index < -0.39 is 0 Å². The first-order chi connectivity index (χ1) is 14.0. The highest BCUT2D eigenvalue weighted by molar-refractivity contribution is 7.17. The second kappa shape index (κ2) is 7.67. The molecule has 0 atom stereocenters. The Bertz CT molecular complexity index is 1180. The molecule has 0 bridgehead atoms. The molecule has 0 fully saturated rings. The van der Waals surface area contributed by atoms with Crippen LogP contribution in [0.3, 0.4) is 0 Å². The average molecular weight is 406 g/mol. The van der Waals surface area contributed by atoms with Gasteiger partial charge in [-0.3, -0.25) is 4.79 Å². The largest absolute Gasteiger partial charge is 0.376 e. The van der Waals surface area contributed by atoms with E-state index in [9.17, 15) is 4.79 Å². The summed E-state index contributed by atoms with van der Waals surface area (Å²) in [4.78, 5) is 22.7. The normalized spacial score (nSPS) is 11.0. The molecule has 0 aliphatic rings. The van der Waals surface area contributed by atoms with Crippen molar-refractivity contribution >= 4 is 40.0 Å². The minimum absolute atomic E-state index is 0.0730. The third-order valence-corrected chi connectivity index (χ3v) is 6.04. The van der Waals surface area contributed by atoms with E-state index in [2.05, 4.69) is 34.0 Å². The summed E-state index contributed by atoms with van der Waals surface area (Å²) in [5.41, 5.74) is 3.95. The van der Waals surface area contributed by atoms with Gasteiger partial charge in [-0.15, -0.1) is 11.3 Å². The van der Waals surface area contributed by atoms with Gasteiger partial charge in [0.05, 0.1) is 28.0 Å². The van der Waals surface area contributed by atoms with E-state index in [-0.39, 0.29) is 5.78 Å². The number of aromatic nitrogens is 3. The molecule has 0 saturated heterocycles. The van der Waals surface area contributed by atoms with Crippen molar-refractivity contribution in [3.63, 3.8) is 0 Å². The number of nitrogens with zero attached hydrogens (tertiary/aromatic N) is 5. The number of fused-ring (bicyclic) bond motifs is 1. The lowest BCUT2D eigenvalue weighted by Crippen LogP contribution is -2.21. The van der Waals surface area contributed by atoms with E-state index in [1.165, 1.54) is 11.3 Å². The molecule has 3 aromatic heterocycles. The van der Waals surface area contributed by atoms with Gasteiger partial charge < -0.3 is 9.80 Å². The minimum atomic E-state index is 0.0730. The molecule has 148 valence electrons. The summed E-state index contributed by atoms with van der Waals surface area (Å²) >= 11 is 1.47. The average Bonchev–Trinajstić information content (AvgIpc) is 3.35. The van der Waals surface area contributed by atoms with Crippen molar-refractivity contribution in [3.8, 4) is 10.4 Å². The number of hydrogen-bond acceptors (Lipinski definition) is 6. The first kappa shape index (κ1) is 19.1. The fourth-order valence-electron chi connectivity index (χ4n) is 3.38. The third kappa shape index (κ3) is 3.49. The van der Waals surface area contributed by atoms with Gasteiger partial charge >= 0.3 is 0 Å². The van der Waals surface area contributed by atoms with Crippen LogP contribution >= 0.6 is 11.3 Å². The van der Waals surface area contributed by atoms with Crippen molar-refractivity contribution in [1.29, 1.82) is 0 Å². The maximum absolute atomic E-state index is 11.7. The number of thiophene rings is 1. The number of rotatable bonds is 6. The number of benzene rings is 1. The van der Waals surface area contributed by atoms with Gasteiger partial charge in [-0.05, 0) is 44.2 Å². The van der Waals surface area contributed by atoms with Gasteiger partial charge in [0.15, 0.2) is 11.4 Å². The maximum Gasteiger partial charge on any atom is 0.169 e. The molecule has 6 nitrogen and oxygen atoms in total. The van der Waals surface area contributed by atoms with Gasteiger partial charge in [0.25, 0.3) is 0 Å². The standard InChI is InChI=1S/C22H23N5OS/c1-5-26(18-9-7-6-8-17(18)25(3)4)21-12-13-27-22(24-21)16(14-23-27)20-11-10-19(29-20)15(2)28/h6-14H,5H2,1-4H3. The predicted molar refractivity (Wildman–Crippen MR) is 120 cm³/mol. The number of carbonyl (C=O) groups excluding carboxylic acids is 1. The zero-order valence-electron chi connectivity index (χ0n) is 17.0. The van der Waals surface area contributed by atoms with Gasteiger partial charge in [-0.25, -0.2) is 9.50 Å². The summed E-state index contributed by atoms with van der Waals surface area (Å²) < 4.78 is 1.78. The van der Waals surface area contributed by atoms with Crippen molar-refractivity contribution in [2.75, 3.05) is 30.4 Å². The van der Waals surface area contributed by atoms with E-state index in [0.717, 1.165) is 44.7 Å². The fourth-order valence-corrected chi connectivity index (χ4v) is 4.29. The highest BCUT2D eigenvalue weighted by atomic mass is 32.1. The van der Waals surface area contributed by atoms with Crippen molar-refractivity contribution in [2.24, 2.45) is 0 Å². The third-order valence-electron chi connectivity index (χ3n) is 4.82. The second-order valence-electron chi connectivity index (χ2n) is 6.96. The molecule has 0 aliphatic heterocycles. The first-order valence-electron chi connectivity index (χ1n) is 9.49. The molecular weight excluding hydrogens is 382 g/mol. The summed E-state index contributed by atoms with van der Waals surface area (Å²) in [5.74, 6) is 0.934. The Morgan fingerprint density at radius 2 is 1.86 bits per heavy atom. The SMILES string of the molecule is CCN(c1ccn2ncc(-c3ccc(C(C)=O)s3)c2n1)c1ccccc1N(C)C. The smallest absolute Gasteiger partial charge is 0.169 e. The highest BCUT2D eigenvalue weighted by Gasteiger charge is 2.17. The number of carbonyl (C=O) groups is 1. The van der Waals surface area contributed by atoms with Crippen LogP contribution in [0, 0.1) is 0 Å². The number of hydrogen-bond donors (Lipinski definition) is 0. The Hall–Kier alpha value is -3.19. The van der Waals surface area contributed by atoms with Crippen molar-refractivity contribution < 1.29 is 4.79 Å². The Labute approximate surface area is 174 Å². The van der Waals surface area contributed by atoms with Crippen LogP contribution in [0.5, 0.6) is 0 Å². The Balaban J connectivity index is 1.81. The second-order valence-corrected chi connectivity index (χ2v) is 8.04. The molecule has 4 rings (SSSR count). The van der Waals surface area contributed by atoms with Crippen molar-refractivity contribution in [3.05, 3.63) is 59.7 Å². The van der Waals surface area contributed by atoms with Crippen LogP contribution in [-0.4, -0.2) is 41.0 Å². The lowest BCUT2D eigenvalue weighted by atomic mass is 10.2. The van der Waals surface area contributed by atoms with Crippen molar-refractivity contribution in [1.82, 2.24) is 14.6 Å². The maximum atomic E-state index is 11.7. The Morgan fingerprint density at radius 1 is 1.10 bits per heavy atom. The Kier molecular flexibility index (Phi) is 5.07. The molecule has 0 radical (unpaired) electrons. The Morgan fingerprint density at radius 3 is 2.52 bits per heavy atom. The summed E-state index contributed by atoms with van der Waals surface area (Å²) in [6.45, 7) is 4.49. The summed E-state index contributed by atoms with van der Waals surface area (Å²) in [5, 5.41) is 4.44.